The molecule has 0 saturated heterocycles. The monoisotopic (exact) mass is 456 g/mol. The summed E-state index contributed by atoms with van der Waals surface area (Å²) in [7, 11) is 3.19. The van der Waals surface area contributed by atoms with Crippen LogP contribution in [0.3, 0.4) is 0 Å². The maximum atomic E-state index is 12.4. The Labute approximate surface area is 198 Å². The predicted molar refractivity (Wildman–Crippen MR) is 132 cm³/mol. The number of ketones is 1. The molecule has 0 aliphatic rings. The molecular weight excluding hydrogens is 416 g/mol. The lowest BCUT2D eigenvalue weighted by molar-refractivity contribution is -0.121. The zero-order valence-electron chi connectivity index (χ0n) is 20.2. The van der Waals surface area contributed by atoms with Crippen LogP contribution >= 0.6 is 0 Å². The van der Waals surface area contributed by atoms with Crippen LogP contribution in [0.2, 0.25) is 0 Å². The van der Waals surface area contributed by atoms with Gasteiger partial charge in [0.1, 0.15) is 5.78 Å². The van der Waals surface area contributed by atoms with E-state index in [2.05, 4.69) is 24.3 Å². The number of carbonyl (C=O) groups is 1. The molecule has 2 atom stereocenters. The molecule has 5 heteroatoms. The van der Waals surface area contributed by atoms with Crippen molar-refractivity contribution in [3.05, 3.63) is 59.7 Å². The molecule has 0 heterocycles. The van der Waals surface area contributed by atoms with Gasteiger partial charge in [-0.25, -0.2) is 0 Å². The molecule has 0 aliphatic heterocycles. The van der Waals surface area contributed by atoms with Crippen LogP contribution in [-0.4, -0.2) is 42.9 Å². The van der Waals surface area contributed by atoms with Gasteiger partial charge in [0.2, 0.25) is 0 Å². The van der Waals surface area contributed by atoms with Crippen LogP contribution in [0.5, 0.6) is 11.5 Å². The Morgan fingerprint density at radius 3 is 2.33 bits per heavy atom. The summed E-state index contributed by atoms with van der Waals surface area (Å²) in [6.45, 7) is 0.120. The molecule has 0 amide bonds. The first-order chi connectivity index (χ1) is 16.0. The first-order valence-electron chi connectivity index (χ1n) is 12.1. The summed E-state index contributed by atoms with van der Waals surface area (Å²) < 4.78 is 10.6. The van der Waals surface area contributed by atoms with E-state index >= 15 is 0 Å². The molecule has 5 nitrogen and oxygen atoms in total. The van der Waals surface area contributed by atoms with Gasteiger partial charge in [0.25, 0.3) is 0 Å². The molecule has 2 unspecified atom stereocenters. The molecule has 0 bridgehead atoms. The van der Waals surface area contributed by atoms with Crippen molar-refractivity contribution >= 4 is 5.78 Å². The van der Waals surface area contributed by atoms with Crippen LogP contribution < -0.4 is 9.47 Å². The Balaban J connectivity index is 1.68. The topological polar surface area (TPSA) is 76.0 Å². The molecule has 0 saturated carbocycles. The molecule has 0 radical (unpaired) electrons. The van der Waals surface area contributed by atoms with Gasteiger partial charge in [0, 0.05) is 19.4 Å². The molecular formula is C28H40O5. The number of aryl methyl sites for hydroxylation is 2. The van der Waals surface area contributed by atoms with Crippen molar-refractivity contribution in [1.82, 2.24) is 0 Å². The van der Waals surface area contributed by atoms with Crippen molar-refractivity contribution in [3.63, 3.8) is 0 Å². The molecule has 2 aromatic rings. The second-order valence-corrected chi connectivity index (χ2v) is 8.78. The van der Waals surface area contributed by atoms with E-state index in [0.717, 1.165) is 37.7 Å². The standard InChI is InChI=1S/C28H40O5/c1-32-27-16-14-24(20-28(27)33-2)13-15-25(30)21-26(31)19-23(17-18-29)12-8-4-7-11-22-9-5-3-6-10-22/h3,5-6,9-10,14,16,20,23,26,29,31H,4,7-8,11-13,15,17-19,21H2,1-2H3. The fourth-order valence-corrected chi connectivity index (χ4v) is 4.30. The SMILES string of the molecule is COc1ccc(CCC(=O)CC(O)CC(CCO)CCCCCc2ccccc2)cc1OC. The van der Waals surface area contributed by atoms with Crippen LogP contribution in [0.4, 0.5) is 0 Å². The molecule has 2 N–H and O–H groups in total. The third kappa shape index (κ3) is 10.4. The predicted octanol–water partition coefficient (Wildman–Crippen LogP) is 5.15. The smallest absolute Gasteiger partial charge is 0.160 e. The van der Waals surface area contributed by atoms with Crippen LogP contribution in [-0.2, 0) is 17.6 Å². The number of benzene rings is 2. The number of hydrogen-bond donors (Lipinski definition) is 2. The van der Waals surface area contributed by atoms with Gasteiger partial charge in [-0.05, 0) is 61.3 Å². The van der Waals surface area contributed by atoms with Crippen LogP contribution in [0, 0.1) is 5.92 Å². The minimum atomic E-state index is -0.649. The van der Waals surface area contributed by atoms with E-state index in [1.54, 1.807) is 14.2 Å². The summed E-state index contributed by atoms with van der Waals surface area (Å²) in [5.74, 6) is 1.62. The third-order valence-corrected chi connectivity index (χ3v) is 6.17. The highest BCUT2D eigenvalue weighted by molar-refractivity contribution is 5.79. The number of aliphatic hydroxyl groups is 2. The number of aliphatic hydroxyl groups excluding tert-OH is 2. The third-order valence-electron chi connectivity index (χ3n) is 6.17. The van der Waals surface area contributed by atoms with E-state index in [1.165, 1.54) is 5.56 Å². The average Bonchev–Trinajstić information content (AvgIpc) is 2.83. The molecule has 0 aromatic heterocycles. The fourth-order valence-electron chi connectivity index (χ4n) is 4.30. The summed E-state index contributed by atoms with van der Waals surface area (Å²) in [4.78, 5) is 12.4. The van der Waals surface area contributed by atoms with E-state index in [0.29, 0.717) is 37.2 Å². The first kappa shape index (κ1) is 26.9. The Morgan fingerprint density at radius 1 is 0.879 bits per heavy atom. The number of carbonyl (C=O) groups excluding carboxylic acids is 1. The molecule has 33 heavy (non-hydrogen) atoms. The zero-order chi connectivity index (χ0) is 23.9. The van der Waals surface area contributed by atoms with E-state index in [1.807, 2.05) is 24.3 Å². The van der Waals surface area contributed by atoms with Crippen LogP contribution in [0.15, 0.2) is 48.5 Å². The molecule has 0 aliphatic carbocycles. The second kappa shape index (κ2) is 15.5. The highest BCUT2D eigenvalue weighted by atomic mass is 16.5. The van der Waals surface area contributed by atoms with E-state index in [4.69, 9.17) is 9.47 Å². The largest absolute Gasteiger partial charge is 0.493 e. The molecule has 2 rings (SSSR count). The highest BCUT2D eigenvalue weighted by Crippen LogP contribution is 2.28. The van der Waals surface area contributed by atoms with E-state index in [-0.39, 0.29) is 24.7 Å². The van der Waals surface area contributed by atoms with Gasteiger partial charge in [-0.15, -0.1) is 0 Å². The molecule has 2 aromatic carbocycles. The van der Waals surface area contributed by atoms with Gasteiger partial charge in [-0.1, -0.05) is 55.7 Å². The highest BCUT2D eigenvalue weighted by Gasteiger charge is 2.17. The van der Waals surface area contributed by atoms with Gasteiger partial charge in [-0.3, -0.25) is 4.79 Å². The summed E-state index contributed by atoms with van der Waals surface area (Å²) in [6.07, 6.45) is 7.18. The minimum absolute atomic E-state index is 0.0582. The van der Waals surface area contributed by atoms with Gasteiger partial charge in [-0.2, -0.15) is 0 Å². The molecule has 0 spiro atoms. The molecule has 0 fully saturated rings. The van der Waals surface area contributed by atoms with Crippen molar-refractivity contribution in [2.75, 3.05) is 20.8 Å². The number of Topliss-reactive ketones (excluding diaryl/α,β-unsaturated/α-hetero) is 1. The van der Waals surface area contributed by atoms with E-state index in [9.17, 15) is 15.0 Å². The Morgan fingerprint density at radius 2 is 1.64 bits per heavy atom. The Kier molecular flexibility index (Phi) is 12.6. The number of unbranched alkanes of at least 4 members (excludes halogenated alkanes) is 2. The quantitative estimate of drug-likeness (QED) is 0.322. The fraction of sp³-hybridized carbons (Fsp3) is 0.536. The van der Waals surface area contributed by atoms with Crippen molar-refractivity contribution in [3.8, 4) is 11.5 Å². The number of methoxy groups -OCH3 is 2. The van der Waals surface area contributed by atoms with Crippen LogP contribution in [0.25, 0.3) is 0 Å². The maximum Gasteiger partial charge on any atom is 0.160 e. The summed E-state index contributed by atoms with van der Waals surface area (Å²) in [6, 6.07) is 16.2. The number of rotatable bonds is 17. The maximum absolute atomic E-state index is 12.4. The second-order valence-electron chi connectivity index (χ2n) is 8.78. The van der Waals surface area contributed by atoms with Crippen molar-refractivity contribution in [2.24, 2.45) is 5.92 Å². The average molecular weight is 457 g/mol. The van der Waals surface area contributed by atoms with Gasteiger partial charge >= 0.3 is 0 Å². The Bertz CT molecular complexity index is 805. The van der Waals surface area contributed by atoms with Gasteiger partial charge in [0.15, 0.2) is 11.5 Å². The number of ether oxygens (including phenoxy) is 2. The number of hydrogen-bond acceptors (Lipinski definition) is 5. The lowest BCUT2D eigenvalue weighted by Gasteiger charge is -2.19. The zero-order valence-corrected chi connectivity index (χ0v) is 20.2. The van der Waals surface area contributed by atoms with Gasteiger partial charge in [0.05, 0.1) is 20.3 Å². The minimum Gasteiger partial charge on any atom is -0.493 e. The summed E-state index contributed by atoms with van der Waals surface area (Å²) in [5.41, 5.74) is 2.37. The first-order valence-corrected chi connectivity index (χ1v) is 12.1. The lowest BCUT2D eigenvalue weighted by Crippen LogP contribution is -2.19. The van der Waals surface area contributed by atoms with Gasteiger partial charge < -0.3 is 19.7 Å². The van der Waals surface area contributed by atoms with Crippen molar-refractivity contribution in [2.45, 2.75) is 70.3 Å². The van der Waals surface area contributed by atoms with Crippen molar-refractivity contribution in [1.29, 1.82) is 0 Å². The lowest BCUT2D eigenvalue weighted by atomic mass is 9.90. The summed E-state index contributed by atoms with van der Waals surface area (Å²) >= 11 is 0. The Hall–Kier alpha value is -2.37. The van der Waals surface area contributed by atoms with Crippen LogP contribution in [0.1, 0.15) is 62.5 Å². The van der Waals surface area contributed by atoms with Crippen molar-refractivity contribution < 1.29 is 24.5 Å². The summed E-state index contributed by atoms with van der Waals surface area (Å²) in [5, 5.41) is 19.9. The molecule has 182 valence electrons. The van der Waals surface area contributed by atoms with E-state index < -0.39 is 6.10 Å². The normalized spacial score (nSPS) is 12.8.